The fraction of sp³-hybridized carbons (Fsp3) is 0.259. The van der Waals surface area contributed by atoms with Gasteiger partial charge < -0.3 is 10.6 Å². The molecule has 0 saturated heterocycles. The molecule has 2 N–H and O–H groups in total. The van der Waals surface area contributed by atoms with Crippen molar-refractivity contribution in [1.82, 2.24) is 5.32 Å². The molecule has 0 saturated carbocycles. The number of nitrogens with zero attached hydrogens (tertiary/aromatic N) is 1. The van der Waals surface area contributed by atoms with E-state index in [-0.39, 0.29) is 10.8 Å². The number of aryl methyl sites for hydroxylation is 2. The molecule has 0 aliphatic heterocycles. The van der Waals surface area contributed by atoms with Gasteiger partial charge in [0, 0.05) is 6.54 Å². The highest BCUT2D eigenvalue weighted by Gasteiger charge is 2.28. The molecular formula is C27H31N3O4S. The van der Waals surface area contributed by atoms with Crippen LogP contribution in [0.4, 0.5) is 11.4 Å². The van der Waals surface area contributed by atoms with Crippen LogP contribution in [0.1, 0.15) is 41.3 Å². The lowest BCUT2D eigenvalue weighted by Gasteiger charge is -2.26. The molecular weight excluding hydrogens is 462 g/mol. The minimum Gasteiger partial charge on any atom is -0.352 e. The van der Waals surface area contributed by atoms with Gasteiger partial charge in [0.15, 0.2) is 0 Å². The molecule has 2 amide bonds. The largest absolute Gasteiger partial charge is 0.352 e. The van der Waals surface area contributed by atoms with Crippen molar-refractivity contribution in [1.29, 1.82) is 0 Å². The first-order valence-corrected chi connectivity index (χ1v) is 13.0. The number of hydrogen-bond donors (Lipinski definition) is 2. The minimum absolute atomic E-state index is 0.0866. The SMILES string of the molecule is CCCCNC(=O)c1ccccc1NC(=O)CN(c1ccc(C)cc1C)S(=O)(=O)c1ccccc1. The van der Waals surface area contributed by atoms with Crippen LogP contribution in [-0.2, 0) is 14.8 Å². The average Bonchev–Trinajstić information content (AvgIpc) is 2.84. The van der Waals surface area contributed by atoms with Crippen LogP contribution in [0.2, 0.25) is 0 Å². The standard InChI is InChI=1S/C27H31N3O4S/c1-4-5-17-28-27(32)23-13-9-10-14-24(23)29-26(31)19-30(25-16-15-20(2)18-21(25)3)35(33,34)22-11-7-6-8-12-22/h6-16,18H,4-5,17,19H2,1-3H3,(H,28,32)(H,29,31). The first kappa shape index (κ1) is 26.0. The van der Waals surface area contributed by atoms with Crippen LogP contribution in [0.15, 0.2) is 77.7 Å². The second kappa shape index (κ2) is 11.7. The molecule has 0 heterocycles. The Hall–Kier alpha value is -3.65. The third-order valence-electron chi connectivity index (χ3n) is 5.50. The Balaban J connectivity index is 1.91. The van der Waals surface area contributed by atoms with E-state index < -0.39 is 22.5 Å². The van der Waals surface area contributed by atoms with Gasteiger partial charge in [0.1, 0.15) is 6.54 Å². The van der Waals surface area contributed by atoms with E-state index >= 15 is 0 Å². The summed E-state index contributed by atoms with van der Waals surface area (Å²) in [5.41, 5.74) is 2.77. The van der Waals surface area contributed by atoms with Crippen LogP contribution in [0, 0.1) is 13.8 Å². The van der Waals surface area contributed by atoms with E-state index in [0.717, 1.165) is 28.3 Å². The van der Waals surface area contributed by atoms with E-state index in [0.29, 0.717) is 23.5 Å². The molecule has 0 bridgehead atoms. The summed E-state index contributed by atoms with van der Waals surface area (Å²) in [5, 5.41) is 5.57. The number of anilines is 2. The van der Waals surface area contributed by atoms with Crippen LogP contribution < -0.4 is 14.9 Å². The molecule has 0 unspecified atom stereocenters. The number of benzene rings is 3. The predicted molar refractivity (Wildman–Crippen MR) is 139 cm³/mol. The third kappa shape index (κ3) is 6.48. The van der Waals surface area contributed by atoms with Crippen molar-refractivity contribution in [3.8, 4) is 0 Å². The third-order valence-corrected chi connectivity index (χ3v) is 7.28. The van der Waals surface area contributed by atoms with Crippen LogP contribution in [-0.4, -0.2) is 33.3 Å². The monoisotopic (exact) mass is 493 g/mol. The van der Waals surface area contributed by atoms with E-state index in [4.69, 9.17) is 0 Å². The molecule has 0 aliphatic carbocycles. The molecule has 7 nitrogen and oxygen atoms in total. The normalized spacial score (nSPS) is 11.1. The number of carbonyl (C=O) groups excluding carboxylic acids is 2. The number of hydrogen-bond acceptors (Lipinski definition) is 4. The zero-order valence-corrected chi connectivity index (χ0v) is 21.1. The van der Waals surface area contributed by atoms with Gasteiger partial charge in [-0.15, -0.1) is 0 Å². The molecule has 0 radical (unpaired) electrons. The highest BCUT2D eigenvalue weighted by atomic mass is 32.2. The van der Waals surface area contributed by atoms with Crippen LogP contribution in [0.5, 0.6) is 0 Å². The maximum absolute atomic E-state index is 13.6. The molecule has 0 aromatic heterocycles. The van der Waals surface area contributed by atoms with Gasteiger partial charge in [-0.25, -0.2) is 8.42 Å². The van der Waals surface area contributed by atoms with Gasteiger partial charge >= 0.3 is 0 Å². The van der Waals surface area contributed by atoms with Gasteiger partial charge in [0.25, 0.3) is 15.9 Å². The smallest absolute Gasteiger partial charge is 0.264 e. The molecule has 0 fully saturated rings. The fourth-order valence-corrected chi connectivity index (χ4v) is 5.20. The highest BCUT2D eigenvalue weighted by molar-refractivity contribution is 7.92. The predicted octanol–water partition coefficient (Wildman–Crippen LogP) is 4.67. The second-order valence-corrected chi connectivity index (χ2v) is 10.2. The summed E-state index contributed by atoms with van der Waals surface area (Å²) in [4.78, 5) is 25.8. The maximum atomic E-state index is 13.6. The lowest BCUT2D eigenvalue weighted by molar-refractivity contribution is -0.114. The van der Waals surface area contributed by atoms with Gasteiger partial charge in [0.05, 0.1) is 21.8 Å². The average molecular weight is 494 g/mol. The molecule has 184 valence electrons. The van der Waals surface area contributed by atoms with E-state index in [2.05, 4.69) is 10.6 Å². The summed E-state index contributed by atoms with van der Waals surface area (Å²) in [6.07, 6.45) is 1.80. The number of sulfonamides is 1. The van der Waals surface area contributed by atoms with Crippen LogP contribution in [0.25, 0.3) is 0 Å². The summed E-state index contributed by atoms with van der Waals surface area (Å²) in [7, 11) is -4.03. The fourth-order valence-electron chi connectivity index (χ4n) is 3.69. The van der Waals surface area contributed by atoms with Crippen molar-refractivity contribution in [2.45, 2.75) is 38.5 Å². The molecule has 3 rings (SSSR count). The maximum Gasteiger partial charge on any atom is 0.264 e. The summed E-state index contributed by atoms with van der Waals surface area (Å²) >= 11 is 0. The number of amides is 2. The van der Waals surface area contributed by atoms with Crippen molar-refractivity contribution >= 4 is 33.2 Å². The molecule has 0 atom stereocenters. The molecule has 3 aromatic carbocycles. The second-order valence-electron chi connectivity index (χ2n) is 8.32. The number of nitrogens with one attached hydrogen (secondary N) is 2. The zero-order valence-electron chi connectivity index (χ0n) is 20.2. The van der Waals surface area contributed by atoms with Gasteiger partial charge in [-0.3, -0.25) is 13.9 Å². The Labute approximate surface area is 207 Å². The van der Waals surface area contributed by atoms with Gasteiger partial charge in [-0.2, -0.15) is 0 Å². The molecule has 35 heavy (non-hydrogen) atoms. The summed E-state index contributed by atoms with van der Waals surface area (Å²) < 4.78 is 28.2. The van der Waals surface area contributed by atoms with E-state index in [1.807, 2.05) is 32.9 Å². The first-order valence-electron chi connectivity index (χ1n) is 11.6. The Kier molecular flexibility index (Phi) is 8.65. The van der Waals surface area contributed by atoms with Crippen LogP contribution in [0.3, 0.4) is 0 Å². The molecule has 0 spiro atoms. The summed E-state index contributed by atoms with van der Waals surface area (Å²) in [6, 6.07) is 20.1. The van der Waals surface area contributed by atoms with E-state index in [9.17, 15) is 18.0 Å². The number of rotatable bonds is 10. The van der Waals surface area contributed by atoms with Crippen molar-refractivity contribution in [2.24, 2.45) is 0 Å². The quantitative estimate of drug-likeness (QED) is 0.401. The topological polar surface area (TPSA) is 95.6 Å². The van der Waals surface area contributed by atoms with Gasteiger partial charge in [-0.1, -0.05) is 61.4 Å². The Morgan fingerprint density at radius 3 is 2.29 bits per heavy atom. The Morgan fingerprint density at radius 2 is 1.60 bits per heavy atom. The summed E-state index contributed by atoms with van der Waals surface area (Å²) in [6.45, 7) is 5.84. The number of carbonyl (C=O) groups is 2. The molecule has 3 aromatic rings. The number of unbranched alkanes of at least 4 members (excludes halogenated alkanes) is 1. The highest BCUT2D eigenvalue weighted by Crippen LogP contribution is 2.28. The van der Waals surface area contributed by atoms with Crippen molar-refractivity contribution in [2.75, 3.05) is 22.7 Å². The summed E-state index contributed by atoms with van der Waals surface area (Å²) in [5.74, 6) is -0.851. The lowest BCUT2D eigenvalue weighted by Crippen LogP contribution is -2.39. The van der Waals surface area contributed by atoms with E-state index in [1.165, 1.54) is 12.1 Å². The van der Waals surface area contributed by atoms with Crippen molar-refractivity contribution < 1.29 is 18.0 Å². The molecule has 8 heteroatoms. The van der Waals surface area contributed by atoms with Crippen molar-refractivity contribution in [3.05, 3.63) is 89.5 Å². The van der Waals surface area contributed by atoms with E-state index in [1.54, 1.807) is 48.5 Å². The Bertz CT molecular complexity index is 1290. The van der Waals surface area contributed by atoms with Gasteiger partial charge in [0.2, 0.25) is 5.91 Å². The molecule has 0 aliphatic rings. The lowest BCUT2D eigenvalue weighted by atomic mass is 10.1. The van der Waals surface area contributed by atoms with Crippen molar-refractivity contribution in [3.63, 3.8) is 0 Å². The Morgan fingerprint density at radius 1 is 0.914 bits per heavy atom. The zero-order chi connectivity index (χ0) is 25.4. The first-order chi connectivity index (χ1) is 16.7. The number of para-hydroxylation sites is 1. The minimum atomic E-state index is -4.03. The van der Waals surface area contributed by atoms with Gasteiger partial charge in [-0.05, 0) is 56.2 Å². The van der Waals surface area contributed by atoms with Crippen LogP contribution >= 0.6 is 0 Å².